The van der Waals surface area contributed by atoms with E-state index in [4.69, 9.17) is 27.9 Å². The molecule has 0 spiro atoms. The number of nitrogens with one attached hydrogen (secondary N) is 1. The largest absolute Gasteiger partial charge is 0.491 e. The van der Waals surface area contributed by atoms with Crippen LogP contribution in [0.1, 0.15) is 19.8 Å². The molecule has 1 unspecified atom stereocenters. The van der Waals surface area contributed by atoms with Crippen LogP contribution in [0.4, 0.5) is 0 Å². The molecule has 1 aliphatic heterocycles. The Morgan fingerprint density at radius 1 is 1.40 bits per heavy atom. The topological polar surface area (TPSA) is 24.5 Å². The summed E-state index contributed by atoms with van der Waals surface area (Å²) < 4.78 is 5.76. The van der Waals surface area contributed by atoms with Crippen molar-refractivity contribution >= 4 is 23.2 Å². The van der Waals surface area contributed by atoms with Crippen molar-refractivity contribution in [2.45, 2.75) is 25.8 Å². The maximum atomic E-state index is 6.09. The van der Waals surface area contributed by atoms with Crippen LogP contribution in [-0.2, 0) is 0 Å². The van der Waals surface area contributed by atoms with Crippen molar-refractivity contribution in [2.24, 2.45) is 0 Å². The van der Waals surface area contributed by atoms with E-state index in [2.05, 4.69) is 17.1 Å². The number of piperidine rings is 1. The summed E-state index contributed by atoms with van der Waals surface area (Å²) >= 11 is 12.0. The fourth-order valence-corrected chi connectivity index (χ4v) is 3.07. The molecule has 1 N–H and O–H groups in total. The number of rotatable bonds is 6. The maximum absolute atomic E-state index is 6.09. The van der Waals surface area contributed by atoms with Gasteiger partial charge in [0, 0.05) is 24.2 Å². The monoisotopic (exact) mass is 316 g/mol. The molecule has 20 heavy (non-hydrogen) atoms. The third-order valence-corrected chi connectivity index (χ3v) is 4.25. The normalized spacial score (nSPS) is 19.3. The van der Waals surface area contributed by atoms with Crippen molar-refractivity contribution in [3.05, 3.63) is 28.2 Å². The molecule has 1 aliphatic rings. The lowest BCUT2D eigenvalue weighted by atomic mass is 10.1. The Morgan fingerprint density at radius 3 is 2.90 bits per heavy atom. The second kappa shape index (κ2) is 8.08. The lowest BCUT2D eigenvalue weighted by Crippen LogP contribution is -2.47. The second-order valence-electron chi connectivity index (χ2n) is 5.05. The van der Waals surface area contributed by atoms with Gasteiger partial charge in [-0.1, -0.05) is 30.1 Å². The number of likely N-dealkylation sites (N-methyl/N-ethyl adjacent to an activating group) is 1. The molecule has 3 nitrogen and oxygen atoms in total. The fourth-order valence-electron chi connectivity index (χ4n) is 2.61. The van der Waals surface area contributed by atoms with E-state index in [0.717, 1.165) is 26.2 Å². The minimum atomic E-state index is 0.569. The van der Waals surface area contributed by atoms with Crippen LogP contribution < -0.4 is 10.1 Å². The summed E-state index contributed by atoms with van der Waals surface area (Å²) in [5.74, 6) is 0.703. The molecule has 0 amide bonds. The standard InChI is InChI=1S/C15H22Cl2N2O/c1-2-19(13-4-3-7-18-11-13)8-9-20-15-6-5-12(16)10-14(15)17/h5-6,10,13,18H,2-4,7-9,11H2,1H3. The van der Waals surface area contributed by atoms with Crippen molar-refractivity contribution in [2.75, 3.05) is 32.8 Å². The van der Waals surface area contributed by atoms with Gasteiger partial charge in [0.25, 0.3) is 0 Å². The molecule has 1 atom stereocenters. The van der Waals surface area contributed by atoms with E-state index in [1.807, 2.05) is 6.07 Å². The van der Waals surface area contributed by atoms with Gasteiger partial charge in [-0.15, -0.1) is 0 Å². The zero-order valence-corrected chi connectivity index (χ0v) is 13.4. The summed E-state index contributed by atoms with van der Waals surface area (Å²) in [7, 11) is 0. The second-order valence-corrected chi connectivity index (χ2v) is 5.90. The van der Waals surface area contributed by atoms with Crippen LogP contribution in [0, 0.1) is 0 Å². The van der Waals surface area contributed by atoms with Gasteiger partial charge in [0.05, 0.1) is 5.02 Å². The van der Waals surface area contributed by atoms with E-state index in [1.165, 1.54) is 12.8 Å². The van der Waals surface area contributed by atoms with Gasteiger partial charge in [-0.2, -0.15) is 0 Å². The summed E-state index contributed by atoms with van der Waals surface area (Å²) in [6, 6.07) is 5.95. The van der Waals surface area contributed by atoms with Crippen LogP contribution in [0.25, 0.3) is 0 Å². The van der Waals surface area contributed by atoms with Gasteiger partial charge in [-0.25, -0.2) is 0 Å². The van der Waals surface area contributed by atoms with E-state index in [9.17, 15) is 0 Å². The number of hydrogen-bond donors (Lipinski definition) is 1. The SMILES string of the molecule is CCN(CCOc1ccc(Cl)cc1Cl)C1CCCNC1. The van der Waals surface area contributed by atoms with Gasteiger partial charge in [-0.3, -0.25) is 4.90 Å². The first kappa shape index (κ1) is 15.9. The molecule has 1 saturated heterocycles. The van der Waals surface area contributed by atoms with Gasteiger partial charge >= 0.3 is 0 Å². The predicted molar refractivity (Wildman–Crippen MR) is 85.1 cm³/mol. The number of halogens is 2. The van der Waals surface area contributed by atoms with Crippen molar-refractivity contribution in [3.63, 3.8) is 0 Å². The van der Waals surface area contributed by atoms with E-state index < -0.39 is 0 Å². The van der Waals surface area contributed by atoms with Gasteiger partial charge in [0.15, 0.2) is 0 Å². The quantitative estimate of drug-likeness (QED) is 0.870. The molecule has 1 aromatic rings. The van der Waals surface area contributed by atoms with Crippen molar-refractivity contribution < 1.29 is 4.74 Å². The zero-order chi connectivity index (χ0) is 14.4. The Bertz CT molecular complexity index is 422. The van der Waals surface area contributed by atoms with Crippen LogP contribution >= 0.6 is 23.2 Å². The van der Waals surface area contributed by atoms with Gasteiger partial charge < -0.3 is 10.1 Å². The molecule has 112 valence electrons. The molecule has 0 bridgehead atoms. The van der Waals surface area contributed by atoms with Crippen LogP contribution in [0.3, 0.4) is 0 Å². The van der Waals surface area contributed by atoms with Crippen LogP contribution in [0.5, 0.6) is 5.75 Å². The van der Waals surface area contributed by atoms with Crippen LogP contribution in [0.15, 0.2) is 18.2 Å². The highest BCUT2D eigenvalue weighted by Crippen LogP contribution is 2.27. The Kier molecular flexibility index (Phi) is 6.43. The first-order chi connectivity index (χ1) is 9.70. The lowest BCUT2D eigenvalue weighted by Gasteiger charge is -2.33. The van der Waals surface area contributed by atoms with Crippen molar-refractivity contribution in [3.8, 4) is 5.75 Å². The third kappa shape index (κ3) is 4.52. The molecule has 2 rings (SSSR count). The third-order valence-electron chi connectivity index (χ3n) is 3.72. The number of ether oxygens (including phenoxy) is 1. The minimum Gasteiger partial charge on any atom is -0.491 e. The number of hydrogen-bond acceptors (Lipinski definition) is 3. The molecule has 1 fully saturated rings. The van der Waals surface area contributed by atoms with E-state index in [1.54, 1.807) is 12.1 Å². The summed E-state index contributed by atoms with van der Waals surface area (Å²) in [5.41, 5.74) is 0. The fraction of sp³-hybridized carbons (Fsp3) is 0.600. The molecule has 0 aliphatic carbocycles. The Morgan fingerprint density at radius 2 is 2.25 bits per heavy atom. The first-order valence-corrected chi connectivity index (χ1v) is 7.99. The molecule has 0 aromatic heterocycles. The lowest BCUT2D eigenvalue weighted by molar-refractivity contribution is 0.144. The summed E-state index contributed by atoms with van der Waals surface area (Å²) in [4.78, 5) is 2.47. The minimum absolute atomic E-state index is 0.569. The molecule has 0 radical (unpaired) electrons. The average molecular weight is 317 g/mol. The summed E-state index contributed by atoms with van der Waals surface area (Å²) in [5, 5.41) is 4.65. The summed E-state index contributed by atoms with van der Waals surface area (Å²) in [6.45, 7) is 7.03. The van der Waals surface area contributed by atoms with E-state index >= 15 is 0 Å². The maximum Gasteiger partial charge on any atom is 0.138 e. The average Bonchev–Trinajstić information content (AvgIpc) is 2.46. The van der Waals surface area contributed by atoms with E-state index in [-0.39, 0.29) is 0 Å². The molecular weight excluding hydrogens is 295 g/mol. The molecule has 5 heteroatoms. The highest BCUT2D eigenvalue weighted by Gasteiger charge is 2.19. The molecule has 1 aromatic carbocycles. The Labute approximate surface area is 131 Å². The smallest absolute Gasteiger partial charge is 0.138 e. The highest BCUT2D eigenvalue weighted by molar-refractivity contribution is 6.35. The molecular formula is C15H22Cl2N2O. The van der Waals surface area contributed by atoms with Crippen LogP contribution in [-0.4, -0.2) is 43.7 Å². The Hall–Kier alpha value is -0.480. The number of nitrogens with zero attached hydrogens (tertiary/aromatic N) is 1. The highest BCUT2D eigenvalue weighted by atomic mass is 35.5. The predicted octanol–water partition coefficient (Wildman–Crippen LogP) is 3.45. The van der Waals surface area contributed by atoms with E-state index in [0.29, 0.717) is 28.4 Å². The summed E-state index contributed by atoms with van der Waals surface area (Å²) in [6.07, 6.45) is 2.52. The molecule has 1 heterocycles. The molecule has 0 saturated carbocycles. The van der Waals surface area contributed by atoms with Crippen LogP contribution in [0.2, 0.25) is 10.0 Å². The first-order valence-electron chi connectivity index (χ1n) is 7.23. The zero-order valence-electron chi connectivity index (χ0n) is 11.9. The van der Waals surface area contributed by atoms with Crippen molar-refractivity contribution in [1.82, 2.24) is 10.2 Å². The Balaban J connectivity index is 1.81. The van der Waals surface area contributed by atoms with Gasteiger partial charge in [-0.05, 0) is 44.1 Å². The van der Waals surface area contributed by atoms with Gasteiger partial charge in [0.2, 0.25) is 0 Å². The van der Waals surface area contributed by atoms with Gasteiger partial charge in [0.1, 0.15) is 12.4 Å². The number of benzene rings is 1. The van der Waals surface area contributed by atoms with Crippen molar-refractivity contribution in [1.29, 1.82) is 0 Å².